The van der Waals surface area contributed by atoms with Crippen LogP contribution in [0, 0.1) is 12.3 Å². The fourth-order valence-electron chi connectivity index (χ4n) is 11.2. The number of amides is 5. The lowest BCUT2D eigenvalue weighted by molar-refractivity contribution is -0.144. The van der Waals surface area contributed by atoms with Crippen LogP contribution in [-0.4, -0.2) is 161 Å². The number of carbonyl (C=O) groups excluding carboxylic acids is 5. The van der Waals surface area contributed by atoms with Crippen LogP contribution in [0.1, 0.15) is 111 Å². The second-order valence-electron chi connectivity index (χ2n) is 23.8. The van der Waals surface area contributed by atoms with Crippen molar-refractivity contribution in [2.75, 3.05) is 89.3 Å². The summed E-state index contributed by atoms with van der Waals surface area (Å²) in [4.78, 5) is 96.9. The summed E-state index contributed by atoms with van der Waals surface area (Å²) in [5.74, 6) is -1.92. The van der Waals surface area contributed by atoms with E-state index in [0.717, 1.165) is 123 Å². The number of rotatable bonds is 24. The number of carbonyl (C=O) groups is 5. The highest BCUT2D eigenvalue weighted by Gasteiger charge is 2.44. The lowest BCUT2D eigenvalue weighted by Crippen LogP contribution is -2.57. The second kappa shape index (κ2) is 29.4. The summed E-state index contributed by atoms with van der Waals surface area (Å²) in [5.41, 5.74) is 4.98. The number of aryl methyl sites for hydroxylation is 1. The molecular formula is C63H82F3N11O7S. The Morgan fingerprint density at radius 2 is 1.44 bits per heavy atom. The summed E-state index contributed by atoms with van der Waals surface area (Å²) < 4.78 is 41.9. The number of alkyl halides is 3. The van der Waals surface area contributed by atoms with Gasteiger partial charge >= 0.3 is 6.18 Å². The van der Waals surface area contributed by atoms with Gasteiger partial charge in [0, 0.05) is 117 Å². The number of unbranched alkanes of at least 4 members (excludes halogenated alkanes) is 5. The molecule has 3 aliphatic heterocycles. The smallest absolute Gasteiger partial charge is 0.391 e. The van der Waals surface area contributed by atoms with Crippen LogP contribution in [0.15, 0.2) is 89.3 Å². The van der Waals surface area contributed by atoms with Gasteiger partial charge in [0.05, 0.1) is 44.7 Å². The summed E-state index contributed by atoms with van der Waals surface area (Å²) >= 11 is 1.57. The SMILES string of the molecule is Cc1ncsc1-c1ccc(CNC(=O)[C@@H]2C[C@@H](O)CN2C(=O)C(NC(=O)CCCCCCCCC(=O)NCCN2CCN(Cc3cccc(-c4ccc(N5CCN(C)CC5)c(NC(=O)c5c[nH]c(=O)cc5C(F)(F)F)c4)c3)CC2)C(C)(C)C)cc1. The third-order valence-corrected chi connectivity index (χ3v) is 17.2. The Kier molecular flexibility index (Phi) is 22.2. The van der Waals surface area contributed by atoms with Crippen molar-refractivity contribution in [3.05, 3.63) is 123 Å². The van der Waals surface area contributed by atoms with Gasteiger partial charge in [-0.1, -0.05) is 95.0 Å². The van der Waals surface area contributed by atoms with Crippen LogP contribution in [0.5, 0.6) is 0 Å². The molecule has 3 aromatic carbocycles. The number of halogens is 3. The molecule has 458 valence electrons. The number of piperazine rings is 2. The first-order valence-corrected chi connectivity index (χ1v) is 30.5. The van der Waals surface area contributed by atoms with E-state index in [2.05, 4.69) is 63.0 Å². The second-order valence-corrected chi connectivity index (χ2v) is 24.7. The van der Waals surface area contributed by atoms with Crippen LogP contribution in [-0.2, 0) is 38.4 Å². The number of nitrogens with zero attached hydrogens (tertiary/aromatic N) is 6. The molecule has 5 amide bonds. The van der Waals surface area contributed by atoms with Crippen molar-refractivity contribution in [3.8, 4) is 21.6 Å². The fraction of sp³-hybridized carbons (Fsp3) is 0.508. The van der Waals surface area contributed by atoms with Gasteiger partial charge in [0.2, 0.25) is 29.2 Å². The molecule has 1 unspecified atom stereocenters. The summed E-state index contributed by atoms with van der Waals surface area (Å²) in [5, 5.41) is 22.3. The number of H-pyrrole nitrogens is 1. The largest absolute Gasteiger partial charge is 0.417 e. The molecule has 2 aromatic heterocycles. The lowest BCUT2D eigenvalue weighted by Gasteiger charge is -2.35. The zero-order chi connectivity index (χ0) is 60.8. The molecule has 6 N–H and O–H groups in total. The molecule has 0 aliphatic carbocycles. The highest BCUT2D eigenvalue weighted by atomic mass is 32.1. The average Bonchev–Trinajstić information content (AvgIpc) is 4.33. The number of hydrogen-bond acceptors (Lipinski definition) is 13. The van der Waals surface area contributed by atoms with E-state index >= 15 is 0 Å². The quantitative estimate of drug-likeness (QED) is 0.0329. The summed E-state index contributed by atoms with van der Waals surface area (Å²) in [6.07, 6.45) is 0.880. The summed E-state index contributed by atoms with van der Waals surface area (Å²) in [6.45, 7) is 16.2. The van der Waals surface area contributed by atoms with E-state index in [1.54, 1.807) is 17.4 Å². The maximum atomic E-state index is 14.1. The number of hydrogen-bond donors (Lipinski definition) is 6. The number of aliphatic hydroxyl groups is 1. The molecule has 3 fully saturated rings. The minimum atomic E-state index is -4.91. The average molecular weight is 1190 g/mol. The van der Waals surface area contributed by atoms with Crippen LogP contribution in [0.4, 0.5) is 24.5 Å². The van der Waals surface area contributed by atoms with E-state index in [1.807, 2.05) is 88.8 Å². The van der Waals surface area contributed by atoms with Crippen molar-refractivity contribution < 1.29 is 42.3 Å². The highest BCUT2D eigenvalue weighted by Crippen LogP contribution is 2.36. The monoisotopic (exact) mass is 1190 g/mol. The zero-order valence-electron chi connectivity index (χ0n) is 49.5. The summed E-state index contributed by atoms with van der Waals surface area (Å²) in [7, 11) is 2.02. The van der Waals surface area contributed by atoms with Gasteiger partial charge in [-0.15, -0.1) is 11.3 Å². The van der Waals surface area contributed by atoms with Gasteiger partial charge in [0.15, 0.2) is 0 Å². The predicted octanol–water partition coefficient (Wildman–Crippen LogP) is 7.66. The van der Waals surface area contributed by atoms with E-state index in [1.165, 1.54) is 4.90 Å². The summed E-state index contributed by atoms with van der Waals surface area (Å²) in [6, 6.07) is 20.3. The number of aromatic amines is 1. The minimum absolute atomic E-state index is 0.00693. The molecular weight excluding hydrogens is 1110 g/mol. The maximum Gasteiger partial charge on any atom is 0.417 e. The number of anilines is 2. The first-order valence-electron chi connectivity index (χ1n) is 29.6. The van der Waals surface area contributed by atoms with Gasteiger partial charge in [-0.2, -0.15) is 13.2 Å². The van der Waals surface area contributed by atoms with E-state index in [-0.39, 0.29) is 49.6 Å². The van der Waals surface area contributed by atoms with Crippen LogP contribution < -0.4 is 31.7 Å². The third-order valence-electron chi connectivity index (χ3n) is 16.2. The van der Waals surface area contributed by atoms with Crippen LogP contribution in [0.25, 0.3) is 21.6 Å². The molecule has 0 spiro atoms. The van der Waals surface area contributed by atoms with Crippen molar-refractivity contribution in [2.24, 2.45) is 5.41 Å². The van der Waals surface area contributed by atoms with Crippen molar-refractivity contribution in [1.82, 2.24) is 45.5 Å². The van der Waals surface area contributed by atoms with Crippen LogP contribution >= 0.6 is 11.3 Å². The predicted molar refractivity (Wildman–Crippen MR) is 325 cm³/mol. The third kappa shape index (κ3) is 18.0. The first-order chi connectivity index (χ1) is 40.6. The van der Waals surface area contributed by atoms with Crippen molar-refractivity contribution >= 4 is 52.2 Å². The van der Waals surface area contributed by atoms with Gasteiger partial charge in [-0.05, 0) is 78.2 Å². The number of aliphatic hydroxyl groups excluding tert-OH is 1. The standard InChI is InChI=1S/C63H82F3N11O7S/c1-42-57(85-41-70-42)45-19-17-43(18-20-45)37-69-60(83)53-35-48(78)40-77(53)61(84)58(62(2,3)4)72-55(80)16-11-9-7-6-8-10-15-54(79)67-23-24-74-27-29-75(30-28-74)39-44-13-12-14-46(33-44)47-21-22-52(76-31-25-73(5)26-32-76)51(34-47)71-59(82)49-38-68-56(81)36-50(49)63(64,65)66/h12-14,17-22,33-34,36,38,41,48,53,58,78H,6-11,15-16,23-32,35,37,39-40H2,1-5H3,(H,67,79)(H,68,81)(H,69,83)(H,71,82)(H,72,80)/t48-,53+,58?/m1/s1. The van der Waals surface area contributed by atoms with E-state index < -0.39 is 52.4 Å². The molecule has 5 aromatic rings. The number of β-amino-alcohol motifs (C(OH)–C–C–N with tert-alkyl or cyclic N) is 1. The number of aromatic nitrogens is 2. The lowest BCUT2D eigenvalue weighted by atomic mass is 9.85. The molecule has 0 bridgehead atoms. The molecule has 0 radical (unpaired) electrons. The topological polar surface area (TPSA) is 216 Å². The van der Waals surface area contributed by atoms with Gasteiger partial charge in [-0.3, -0.25) is 38.6 Å². The van der Waals surface area contributed by atoms with Gasteiger partial charge < -0.3 is 46.1 Å². The van der Waals surface area contributed by atoms with Crippen LogP contribution in [0.3, 0.4) is 0 Å². The van der Waals surface area contributed by atoms with Crippen molar-refractivity contribution in [2.45, 2.75) is 123 Å². The van der Waals surface area contributed by atoms with Gasteiger partial charge in [0.25, 0.3) is 5.91 Å². The Bertz CT molecular complexity index is 3150. The van der Waals surface area contributed by atoms with Crippen LogP contribution in [0.2, 0.25) is 0 Å². The molecule has 3 atom stereocenters. The molecule has 18 nitrogen and oxygen atoms in total. The Labute approximate surface area is 499 Å². The Balaban J connectivity index is 0.702. The normalized spacial score (nSPS) is 17.6. The highest BCUT2D eigenvalue weighted by molar-refractivity contribution is 7.13. The Morgan fingerprint density at radius 3 is 2.11 bits per heavy atom. The molecule has 85 heavy (non-hydrogen) atoms. The van der Waals surface area contributed by atoms with E-state index in [9.17, 15) is 47.0 Å². The van der Waals surface area contributed by atoms with Gasteiger partial charge in [-0.25, -0.2) is 4.98 Å². The number of likely N-dealkylation sites (tertiary alicyclic amines) is 1. The minimum Gasteiger partial charge on any atom is -0.391 e. The van der Waals surface area contributed by atoms with E-state index in [0.29, 0.717) is 56.5 Å². The number of likely N-dealkylation sites (N-methyl/N-ethyl adjacent to an activating group) is 1. The van der Waals surface area contributed by atoms with Crippen molar-refractivity contribution in [1.29, 1.82) is 0 Å². The van der Waals surface area contributed by atoms with E-state index in [4.69, 9.17) is 0 Å². The fourth-order valence-corrected chi connectivity index (χ4v) is 12.0. The molecule has 3 saturated heterocycles. The van der Waals surface area contributed by atoms with Gasteiger partial charge in [0.1, 0.15) is 12.1 Å². The Morgan fingerprint density at radius 1 is 0.776 bits per heavy atom. The molecule has 22 heteroatoms. The molecule has 3 aliphatic rings. The molecule has 8 rings (SSSR count). The number of benzene rings is 3. The number of thiazole rings is 1. The number of nitrogens with one attached hydrogen (secondary N) is 5. The number of pyridine rings is 1. The van der Waals surface area contributed by atoms with Crippen molar-refractivity contribution in [3.63, 3.8) is 0 Å². The molecule has 0 saturated carbocycles. The maximum absolute atomic E-state index is 14.1. The zero-order valence-corrected chi connectivity index (χ0v) is 50.3. The molecule has 5 heterocycles. The first kappa shape index (κ1) is 64.0. The Hall–Kier alpha value is -6.98.